The van der Waals surface area contributed by atoms with Crippen molar-refractivity contribution in [3.8, 4) is 46.0 Å². The van der Waals surface area contributed by atoms with Crippen LogP contribution < -0.4 is 50.8 Å². The van der Waals surface area contributed by atoms with E-state index in [1.165, 1.54) is 24.3 Å². The van der Waals surface area contributed by atoms with Gasteiger partial charge in [-0.2, -0.15) is 0 Å². The summed E-state index contributed by atoms with van der Waals surface area (Å²) in [6.07, 6.45) is 0. The number of amides is 6. The summed E-state index contributed by atoms with van der Waals surface area (Å²) in [6, 6.07) is 45.8. The molecule has 0 saturated heterocycles. The Morgan fingerprint density at radius 2 is 0.492 bits per heavy atom. The first kappa shape index (κ1) is 93.0. The smallest absolute Gasteiger partial charge is 0.457 e. The second-order valence-electron chi connectivity index (χ2n) is 30.4. The fourth-order valence-corrected chi connectivity index (χ4v) is 22.5. The summed E-state index contributed by atoms with van der Waals surface area (Å²) in [5.41, 5.74) is 3.03. The quantitative estimate of drug-likeness (QED) is 0.00894. The van der Waals surface area contributed by atoms with E-state index >= 15 is 28.8 Å². The summed E-state index contributed by atoms with van der Waals surface area (Å²) in [5, 5.41) is 21.7. The van der Waals surface area contributed by atoms with Crippen LogP contribution in [0.15, 0.2) is 170 Å². The third kappa shape index (κ3) is 19.1. The number of halogens is 2. The van der Waals surface area contributed by atoms with Crippen LogP contribution in [0, 0.1) is 11.8 Å². The van der Waals surface area contributed by atoms with E-state index < -0.39 is 94.6 Å². The van der Waals surface area contributed by atoms with Gasteiger partial charge in [-0.3, -0.25) is 38.6 Å². The van der Waals surface area contributed by atoms with Crippen LogP contribution >= 0.6 is 23.2 Å². The van der Waals surface area contributed by atoms with Crippen molar-refractivity contribution in [3.63, 3.8) is 0 Å². The maximum atomic E-state index is 16.7. The summed E-state index contributed by atoms with van der Waals surface area (Å²) in [4.78, 5) is 99.1. The molecule has 0 radical (unpaired) electrons. The standard InChI is InChI=1S/C90H102Cl2N8O22Si4/c1-53(2)83(85(101)97-61-21-17-55(91)18-22-61)99-87(103)67-49-71(119-63-33-25-57(26-34-63)93-41-45-123(107-5,108-6)109-7)77-79-73(121-65-37-29-59(30-38-65)95-43-47-125(113-11,114-12)115-13)51-69-76-70(90(106)100(89(69)105)84(54(3)4)86(102)98-62-23-19-56(92)20-24-62)52-74(122-66-39-31-60(32-40-66)96-44-48-126(116-14,117-15)118-16)80(82(76)79)78-72(50-68(88(99)104)75(67)81(77)78)120-64-35-27-58(28-36-64)94-42-46-124(110-8,111-9)112-10/h17-40,49-54,83-84,93-96H,41-48H2,1-16H3,(H,97,101)(H,98,102). The molecular formula is C90H102Cl2N8O22Si4. The lowest BCUT2D eigenvalue weighted by molar-refractivity contribution is -0.121. The maximum Gasteiger partial charge on any atom is 0.501 e. The van der Waals surface area contributed by atoms with Crippen LogP contribution in [0.4, 0.5) is 34.1 Å². The Hall–Kier alpha value is -10.7. The van der Waals surface area contributed by atoms with Gasteiger partial charge in [-0.05, 0) is 182 Å². The Kier molecular flexibility index (Phi) is 29.6. The SMILES string of the molecule is CO[Si](CCNc1ccc(Oc2cc3c4c(cc(Oc5ccc(NCC[Si](OC)(OC)OC)cc5)c5c6c(Oc7ccc(NCC[Si](OC)(OC)OC)cc7)cc7c8c(cc(Oc9ccc(NCC[Si](OC)(OC)OC)cc9)c(c2c45)c86)C(=O)N(C(C(=O)Nc2ccc(Cl)cc2)C(C)C)C7=O)C(=O)N(C(C(=O)Nc2ccc(Cl)cc2)C(C)C)C3=O)cc1)(OC)OC. The van der Waals surface area contributed by atoms with Crippen molar-refractivity contribution in [1.29, 1.82) is 0 Å². The van der Waals surface area contributed by atoms with Crippen molar-refractivity contribution in [2.24, 2.45) is 11.8 Å². The highest BCUT2D eigenvalue weighted by Crippen LogP contribution is 2.59. The molecule has 2 heterocycles. The first-order valence-corrected chi connectivity index (χ1v) is 49.1. The van der Waals surface area contributed by atoms with Crippen LogP contribution in [0.2, 0.25) is 34.2 Å². The van der Waals surface area contributed by atoms with E-state index in [0.717, 1.165) is 9.80 Å². The molecule has 2 atom stereocenters. The van der Waals surface area contributed by atoms with Crippen molar-refractivity contribution in [2.75, 3.05) is 143 Å². The number of fused-ring (bicyclic) bond motifs is 2. The molecule has 0 saturated carbocycles. The van der Waals surface area contributed by atoms with E-state index in [1.807, 2.05) is 0 Å². The number of anilines is 6. The molecule has 126 heavy (non-hydrogen) atoms. The Balaban J connectivity index is 1.13. The molecule has 30 nitrogen and oxygen atoms in total. The van der Waals surface area contributed by atoms with Gasteiger partial charge in [0.2, 0.25) is 11.8 Å². The molecule has 11 aromatic carbocycles. The monoisotopic (exact) mass is 1830 g/mol. The lowest BCUT2D eigenvalue weighted by Crippen LogP contribution is -2.54. The van der Waals surface area contributed by atoms with Gasteiger partial charge in [0.15, 0.2) is 0 Å². The molecule has 2 aliphatic heterocycles. The molecule has 0 spiro atoms. The van der Waals surface area contributed by atoms with Gasteiger partial charge in [-0.15, -0.1) is 0 Å². The molecule has 6 N–H and O–H groups in total. The number of carbonyl (C=O) groups is 6. The molecule has 36 heteroatoms. The minimum absolute atomic E-state index is 0.0229. The van der Waals surface area contributed by atoms with E-state index in [0.29, 0.717) is 94.5 Å². The lowest BCUT2D eigenvalue weighted by atomic mass is 9.80. The molecule has 2 aliphatic rings. The zero-order valence-corrected chi connectivity index (χ0v) is 78.3. The zero-order valence-electron chi connectivity index (χ0n) is 72.8. The lowest BCUT2D eigenvalue weighted by Gasteiger charge is -2.37. The third-order valence-corrected chi connectivity index (χ3v) is 34.1. The second-order valence-corrected chi connectivity index (χ2v) is 43.7. The van der Waals surface area contributed by atoms with E-state index in [2.05, 4.69) is 31.9 Å². The second kappa shape index (κ2) is 40.1. The number of benzene rings is 11. The van der Waals surface area contributed by atoms with Crippen LogP contribution in [-0.2, 0) is 62.7 Å². The van der Waals surface area contributed by atoms with Gasteiger partial charge in [0.25, 0.3) is 23.6 Å². The largest absolute Gasteiger partial charge is 0.501 e. The molecule has 6 amide bonds. The Morgan fingerprint density at radius 3 is 0.683 bits per heavy atom. The number of hydrogen-bond acceptors (Lipinski definition) is 26. The minimum Gasteiger partial charge on any atom is -0.457 e. The van der Waals surface area contributed by atoms with E-state index in [-0.39, 0.29) is 111 Å². The number of carbonyl (C=O) groups excluding carboxylic acids is 6. The number of imide groups is 2. The van der Waals surface area contributed by atoms with Crippen LogP contribution in [0.5, 0.6) is 46.0 Å². The molecule has 0 aliphatic carbocycles. The number of hydrogen-bond donors (Lipinski definition) is 6. The van der Waals surface area contributed by atoms with Crippen LogP contribution in [0.3, 0.4) is 0 Å². The average molecular weight is 1830 g/mol. The minimum atomic E-state index is -3.04. The molecule has 664 valence electrons. The van der Waals surface area contributed by atoms with Gasteiger partial charge >= 0.3 is 35.2 Å². The third-order valence-electron chi connectivity index (χ3n) is 22.6. The number of nitrogens with zero attached hydrogens (tertiary/aromatic N) is 2. The predicted molar refractivity (Wildman–Crippen MR) is 492 cm³/mol. The summed E-state index contributed by atoms with van der Waals surface area (Å²) in [5.74, 6) is -5.47. The van der Waals surface area contributed by atoms with Crippen molar-refractivity contribution in [2.45, 2.75) is 64.0 Å². The molecule has 13 rings (SSSR count). The number of nitrogens with one attached hydrogen (secondary N) is 6. The van der Waals surface area contributed by atoms with E-state index in [1.54, 1.807) is 259 Å². The van der Waals surface area contributed by atoms with Gasteiger partial charge in [-0.1, -0.05) is 50.9 Å². The highest BCUT2D eigenvalue weighted by Gasteiger charge is 2.49. The van der Waals surface area contributed by atoms with Gasteiger partial charge < -0.3 is 104 Å². The highest BCUT2D eigenvalue weighted by molar-refractivity contribution is 6.62. The summed E-state index contributed by atoms with van der Waals surface area (Å²) >= 11 is 12.7. The topological polar surface area (TPSA) is 329 Å². The summed E-state index contributed by atoms with van der Waals surface area (Å²) in [7, 11) is 6.35. The average Bonchev–Trinajstić information content (AvgIpc) is 0.669. The van der Waals surface area contributed by atoms with Crippen LogP contribution in [-0.4, -0.2) is 204 Å². The molecular weight excluding hydrogens is 1730 g/mol. The fraction of sp³-hybridized carbons (Fsp3) is 0.311. The predicted octanol–water partition coefficient (Wildman–Crippen LogP) is 17.9. The molecule has 0 bridgehead atoms. The van der Waals surface area contributed by atoms with Gasteiger partial charge in [0, 0.05) is 223 Å². The highest BCUT2D eigenvalue weighted by atomic mass is 35.5. The fourth-order valence-electron chi connectivity index (χ4n) is 16.0. The molecule has 0 fully saturated rings. The Morgan fingerprint density at radius 1 is 0.294 bits per heavy atom. The van der Waals surface area contributed by atoms with Gasteiger partial charge in [-0.25, -0.2) is 0 Å². The number of ether oxygens (including phenoxy) is 4. The van der Waals surface area contributed by atoms with E-state index in [4.69, 9.17) is 95.3 Å². The first-order valence-electron chi connectivity index (χ1n) is 40.6. The van der Waals surface area contributed by atoms with Crippen molar-refractivity contribution in [3.05, 3.63) is 202 Å². The van der Waals surface area contributed by atoms with Crippen molar-refractivity contribution >= 4 is 171 Å². The number of rotatable bonds is 44. The molecule has 11 aromatic rings. The summed E-state index contributed by atoms with van der Waals surface area (Å²) in [6.45, 7) is 8.45. The van der Waals surface area contributed by atoms with Crippen molar-refractivity contribution < 1.29 is 101 Å². The molecule has 2 unspecified atom stereocenters. The first-order chi connectivity index (χ1) is 60.7. The van der Waals surface area contributed by atoms with Crippen LogP contribution in [0.1, 0.15) is 69.1 Å². The van der Waals surface area contributed by atoms with Gasteiger partial charge in [0.05, 0.1) is 22.3 Å². The van der Waals surface area contributed by atoms with Crippen molar-refractivity contribution in [1.82, 2.24) is 9.80 Å². The maximum absolute atomic E-state index is 16.7. The van der Waals surface area contributed by atoms with E-state index in [9.17, 15) is 0 Å². The normalized spacial score (nSPS) is 13.7. The Labute approximate surface area is 744 Å². The zero-order chi connectivity index (χ0) is 90.1. The Bertz CT molecular complexity index is 5120. The van der Waals surface area contributed by atoms with Crippen LogP contribution in [0.25, 0.3) is 43.1 Å². The summed E-state index contributed by atoms with van der Waals surface area (Å²) < 4.78 is 98.4. The van der Waals surface area contributed by atoms with Gasteiger partial charge in [0.1, 0.15) is 58.1 Å². The molecule has 0 aromatic heterocycles.